The Labute approximate surface area is 154 Å². The van der Waals surface area contributed by atoms with Crippen molar-refractivity contribution >= 4 is 45.1 Å². The van der Waals surface area contributed by atoms with Crippen LogP contribution in [0.5, 0.6) is 0 Å². The number of benzene rings is 1. The van der Waals surface area contributed by atoms with Gasteiger partial charge in [0.25, 0.3) is 5.69 Å². The lowest BCUT2D eigenvalue weighted by molar-refractivity contribution is -0.384. The normalized spacial score (nSPS) is 10.7. The van der Waals surface area contributed by atoms with Gasteiger partial charge in [0.15, 0.2) is 10.7 Å². The SMILES string of the molecule is CC(=O)Nc1nc(COC(=O)Cn2c(=O)oc3cc([N+](=O)[O-])ccc32)cs1. The maximum absolute atomic E-state index is 12.0. The molecule has 0 spiro atoms. The second-order valence-electron chi connectivity index (χ2n) is 5.35. The third-order valence-corrected chi connectivity index (χ3v) is 4.17. The lowest BCUT2D eigenvalue weighted by Crippen LogP contribution is -2.21. The fraction of sp³-hybridized carbons (Fsp3) is 0.200. The fourth-order valence-electron chi connectivity index (χ4n) is 2.23. The number of hydrogen-bond donors (Lipinski definition) is 1. The van der Waals surface area contributed by atoms with Gasteiger partial charge in [-0.1, -0.05) is 0 Å². The standard InChI is InChI=1S/C15H12N4O7S/c1-8(20)16-14-17-9(7-27-14)6-25-13(21)5-18-11-3-2-10(19(23)24)4-12(11)26-15(18)22/h2-4,7H,5-6H2,1H3,(H,16,17,20). The summed E-state index contributed by atoms with van der Waals surface area (Å²) in [5.74, 6) is -1.81. The zero-order valence-electron chi connectivity index (χ0n) is 13.8. The van der Waals surface area contributed by atoms with Crippen LogP contribution in [0.25, 0.3) is 11.1 Å². The van der Waals surface area contributed by atoms with Crippen molar-refractivity contribution in [3.05, 3.63) is 49.9 Å². The van der Waals surface area contributed by atoms with Crippen LogP contribution in [0, 0.1) is 10.1 Å². The van der Waals surface area contributed by atoms with Gasteiger partial charge in [-0.15, -0.1) is 11.3 Å². The van der Waals surface area contributed by atoms with Gasteiger partial charge >= 0.3 is 11.7 Å². The average molecular weight is 392 g/mol. The Hall–Kier alpha value is -3.54. The second kappa shape index (κ2) is 7.37. The van der Waals surface area contributed by atoms with Crippen molar-refractivity contribution in [2.24, 2.45) is 0 Å². The number of amides is 1. The number of anilines is 1. The number of esters is 1. The van der Waals surface area contributed by atoms with E-state index in [4.69, 9.17) is 9.15 Å². The van der Waals surface area contributed by atoms with E-state index in [9.17, 15) is 24.5 Å². The van der Waals surface area contributed by atoms with Gasteiger partial charge in [0.1, 0.15) is 13.2 Å². The minimum Gasteiger partial charge on any atom is -0.458 e. The van der Waals surface area contributed by atoms with Gasteiger partial charge in [-0.2, -0.15) is 0 Å². The molecule has 1 aromatic carbocycles. The number of fused-ring (bicyclic) bond motifs is 1. The van der Waals surface area contributed by atoms with E-state index in [0.717, 1.165) is 10.6 Å². The summed E-state index contributed by atoms with van der Waals surface area (Å²) in [6.45, 7) is 0.792. The molecule has 0 saturated heterocycles. The molecule has 1 N–H and O–H groups in total. The first-order valence-corrected chi connectivity index (χ1v) is 8.37. The van der Waals surface area contributed by atoms with Crippen LogP contribution in [0.15, 0.2) is 32.8 Å². The Morgan fingerprint density at radius 3 is 2.93 bits per heavy atom. The number of carbonyl (C=O) groups is 2. The molecule has 1 amide bonds. The molecular formula is C15H12N4O7S. The third kappa shape index (κ3) is 4.17. The lowest BCUT2D eigenvalue weighted by Gasteiger charge is -2.03. The predicted octanol–water partition coefficient (Wildman–Crippen LogP) is 1.66. The number of nitrogens with one attached hydrogen (secondary N) is 1. The molecule has 0 radical (unpaired) electrons. The van der Waals surface area contributed by atoms with Crippen molar-refractivity contribution in [1.29, 1.82) is 0 Å². The minimum absolute atomic E-state index is 0.00134. The largest absolute Gasteiger partial charge is 0.458 e. The van der Waals surface area contributed by atoms with Gasteiger partial charge in [-0.3, -0.25) is 24.3 Å². The molecule has 0 atom stereocenters. The van der Waals surface area contributed by atoms with Gasteiger partial charge in [-0.05, 0) is 6.07 Å². The molecule has 140 valence electrons. The second-order valence-corrected chi connectivity index (χ2v) is 6.21. The van der Waals surface area contributed by atoms with Crippen molar-refractivity contribution in [2.75, 3.05) is 5.32 Å². The number of thiazole rings is 1. The molecule has 2 aromatic heterocycles. The average Bonchev–Trinajstić information content (AvgIpc) is 3.16. The van der Waals surface area contributed by atoms with Crippen molar-refractivity contribution in [1.82, 2.24) is 9.55 Å². The Morgan fingerprint density at radius 1 is 1.44 bits per heavy atom. The van der Waals surface area contributed by atoms with E-state index in [1.807, 2.05) is 0 Å². The molecule has 0 fully saturated rings. The minimum atomic E-state index is -0.830. The summed E-state index contributed by atoms with van der Waals surface area (Å²) in [7, 11) is 0. The topological polar surface area (TPSA) is 147 Å². The molecule has 27 heavy (non-hydrogen) atoms. The van der Waals surface area contributed by atoms with Gasteiger partial charge in [0, 0.05) is 18.4 Å². The highest BCUT2D eigenvalue weighted by atomic mass is 32.1. The first-order chi connectivity index (χ1) is 12.8. The monoisotopic (exact) mass is 392 g/mol. The van der Waals surface area contributed by atoms with Crippen LogP contribution in [0.3, 0.4) is 0 Å². The van der Waals surface area contributed by atoms with Gasteiger partial charge in [0.2, 0.25) is 5.91 Å². The van der Waals surface area contributed by atoms with E-state index in [1.54, 1.807) is 5.38 Å². The molecule has 0 aliphatic carbocycles. The van der Waals surface area contributed by atoms with Crippen LogP contribution >= 0.6 is 11.3 Å². The van der Waals surface area contributed by atoms with Crippen LogP contribution in [0.2, 0.25) is 0 Å². The Balaban J connectivity index is 1.68. The van der Waals surface area contributed by atoms with E-state index < -0.39 is 23.2 Å². The van der Waals surface area contributed by atoms with Crippen LogP contribution in [-0.2, 0) is 27.5 Å². The maximum Gasteiger partial charge on any atom is 0.420 e. The quantitative estimate of drug-likeness (QED) is 0.378. The van der Waals surface area contributed by atoms with E-state index in [-0.39, 0.29) is 29.3 Å². The number of aromatic nitrogens is 2. The van der Waals surface area contributed by atoms with Gasteiger partial charge < -0.3 is 14.5 Å². The summed E-state index contributed by atoms with van der Waals surface area (Å²) in [4.78, 5) is 49.1. The fourth-order valence-corrected chi connectivity index (χ4v) is 2.97. The molecular weight excluding hydrogens is 380 g/mol. The first-order valence-electron chi connectivity index (χ1n) is 7.49. The summed E-state index contributed by atoms with van der Waals surface area (Å²) in [5, 5.41) is 15.3. The smallest absolute Gasteiger partial charge is 0.420 e. The molecule has 0 aliphatic rings. The van der Waals surface area contributed by atoms with Crippen LogP contribution < -0.4 is 11.1 Å². The zero-order valence-corrected chi connectivity index (χ0v) is 14.6. The number of rotatable bonds is 6. The van der Waals surface area contributed by atoms with Crippen molar-refractivity contribution in [3.63, 3.8) is 0 Å². The highest BCUT2D eigenvalue weighted by Crippen LogP contribution is 2.20. The number of nitrogens with zero attached hydrogens (tertiary/aromatic N) is 3. The number of nitro groups is 1. The first kappa shape index (κ1) is 18.3. The number of hydrogen-bond acceptors (Lipinski definition) is 9. The number of ether oxygens (including phenoxy) is 1. The van der Waals surface area contributed by atoms with E-state index in [0.29, 0.717) is 10.8 Å². The van der Waals surface area contributed by atoms with Crippen LogP contribution in [-0.4, -0.2) is 26.4 Å². The van der Waals surface area contributed by atoms with Gasteiger partial charge in [0.05, 0.1) is 22.2 Å². The molecule has 3 rings (SSSR count). The van der Waals surface area contributed by atoms with Crippen LogP contribution in [0.1, 0.15) is 12.6 Å². The van der Waals surface area contributed by atoms with Crippen molar-refractivity contribution in [2.45, 2.75) is 20.1 Å². The highest BCUT2D eigenvalue weighted by Gasteiger charge is 2.17. The van der Waals surface area contributed by atoms with Crippen molar-refractivity contribution < 1.29 is 23.7 Å². The predicted molar refractivity (Wildman–Crippen MR) is 93.3 cm³/mol. The van der Waals surface area contributed by atoms with E-state index >= 15 is 0 Å². The van der Waals surface area contributed by atoms with Gasteiger partial charge in [-0.25, -0.2) is 9.78 Å². The molecule has 0 unspecified atom stereocenters. The highest BCUT2D eigenvalue weighted by molar-refractivity contribution is 7.13. The van der Waals surface area contributed by atoms with E-state index in [1.165, 1.54) is 30.4 Å². The summed E-state index contributed by atoms with van der Waals surface area (Å²) < 4.78 is 11.0. The Morgan fingerprint density at radius 2 is 2.22 bits per heavy atom. The Bertz CT molecular complexity index is 1100. The lowest BCUT2D eigenvalue weighted by atomic mass is 10.3. The molecule has 0 saturated carbocycles. The van der Waals surface area contributed by atoms with E-state index in [2.05, 4.69) is 10.3 Å². The number of carbonyl (C=O) groups excluding carboxylic acids is 2. The maximum atomic E-state index is 12.0. The molecule has 2 heterocycles. The molecule has 12 heteroatoms. The number of nitro benzene ring substituents is 1. The van der Waals surface area contributed by atoms with Crippen molar-refractivity contribution in [3.8, 4) is 0 Å². The van der Waals surface area contributed by atoms with Crippen LogP contribution in [0.4, 0.5) is 10.8 Å². The summed E-state index contributed by atoms with van der Waals surface area (Å²) in [6, 6.07) is 3.64. The third-order valence-electron chi connectivity index (χ3n) is 3.37. The number of non-ortho nitro benzene ring substituents is 1. The molecule has 0 aliphatic heterocycles. The summed E-state index contributed by atoms with van der Waals surface area (Å²) >= 11 is 1.18. The summed E-state index contributed by atoms with van der Waals surface area (Å²) in [5.41, 5.74) is 0.451. The molecule has 11 nitrogen and oxygen atoms in total. The Kier molecular flexibility index (Phi) is 4.98. The number of oxazole rings is 1. The molecule has 3 aromatic rings. The summed E-state index contributed by atoms with van der Waals surface area (Å²) in [6.07, 6.45) is 0. The molecule has 0 bridgehead atoms. The zero-order chi connectivity index (χ0) is 19.6.